The third kappa shape index (κ3) is 5.29. The first-order valence-corrected chi connectivity index (χ1v) is 14.5. The number of anilines is 2. The number of carbonyl (C=O) groups excluding carboxylic acids is 3. The van der Waals surface area contributed by atoms with Crippen molar-refractivity contribution in [3.63, 3.8) is 0 Å². The van der Waals surface area contributed by atoms with Gasteiger partial charge in [0.2, 0.25) is 5.91 Å². The zero-order chi connectivity index (χ0) is 28.9. The molecule has 3 saturated heterocycles. The van der Waals surface area contributed by atoms with Gasteiger partial charge in [-0.1, -0.05) is 12.2 Å². The number of likely N-dealkylation sites (tertiary alicyclic amines) is 1. The molecule has 0 radical (unpaired) electrons. The fourth-order valence-corrected chi connectivity index (χ4v) is 6.71. The second-order valence-corrected chi connectivity index (χ2v) is 10.7. The van der Waals surface area contributed by atoms with Crippen molar-refractivity contribution in [3.05, 3.63) is 49.6 Å². The number of amides is 2. The van der Waals surface area contributed by atoms with E-state index in [1.165, 1.54) is 0 Å². The van der Waals surface area contributed by atoms with Gasteiger partial charge in [-0.2, -0.15) is 0 Å². The zero-order valence-electron chi connectivity index (χ0n) is 23.8. The molecule has 0 aromatic heterocycles. The topological polar surface area (TPSA) is 99.6 Å². The average molecular weight is 554 g/mol. The summed E-state index contributed by atoms with van der Waals surface area (Å²) >= 11 is 0. The van der Waals surface area contributed by atoms with E-state index in [0.717, 1.165) is 18.8 Å². The Morgan fingerprint density at radius 1 is 1.15 bits per heavy atom. The van der Waals surface area contributed by atoms with Gasteiger partial charge in [0.1, 0.15) is 11.6 Å². The van der Waals surface area contributed by atoms with E-state index in [2.05, 4.69) is 31.9 Å². The van der Waals surface area contributed by atoms with Crippen molar-refractivity contribution in [1.82, 2.24) is 4.90 Å². The normalized spacial score (nSPS) is 26.5. The molecule has 9 heteroatoms. The van der Waals surface area contributed by atoms with Gasteiger partial charge >= 0.3 is 5.97 Å². The summed E-state index contributed by atoms with van der Waals surface area (Å²) in [4.78, 5) is 47.1. The van der Waals surface area contributed by atoms with Crippen molar-refractivity contribution in [2.75, 3.05) is 49.2 Å². The predicted molar refractivity (Wildman–Crippen MR) is 154 cm³/mol. The van der Waals surface area contributed by atoms with Gasteiger partial charge in [-0.05, 0) is 70.2 Å². The molecule has 5 atom stereocenters. The number of nitrogens with zero attached hydrogens (tertiary/aromatic N) is 3. The number of ether oxygens (including phenoxy) is 2. The minimum atomic E-state index is -1.10. The lowest BCUT2D eigenvalue weighted by Crippen LogP contribution is -2.56. The Morgan fingerprint density at radius 2 is 1.85 bits per heavy atom. The maximum Gasteiger partial charge on any atom is 0.312 e. The fraction of sp³-hybridized carbons (Fsp3) is 0.581. The third-order valence-electron chi connectivity index (χ3n) is 8.55. The molecule has 40 heavy (non-hydrogen) atoms. The highest BCUT2D eigenvalue weighted by molar-refractivity contribution is 6.04. The first-order chi connectivity index (χ1) is 19.4. The Kier molecular flexibility index (Phi) is 9.68. The minimum Gasteiger partial charge on any atom is -0.465 e. The van der Waals surface area contributed by atoms with Gasteiger partial charge in [0.05, 0.1) is 24.5 Å². The number of aliphatic hydroxyl groups excluding tert-OH is 1. The van der Waals surface area contributed by atoms with Gasteiger partial charge < -0.3 is 29.3 Å². The fourth-order valence-electron chi connectivity index (χ4n) is 6.71. The monoisotopic (exact) mass is 553 g/mol. The number of fused-ring (bicyclic) bond motifs is 1. The van der Waals surface area contributed by atoms with E-state index < -0.39 is 35.6 Å². The van der Waals surface area contributed by atoms with Crippen molar-refractivity contribution in [2.45, 2.75) is 63.7 Å². The molecule has 1 N–H and O–H groups in total. The van der Waals surface area contributed by atoms with Crippen LogP contribution >= 0.6 is 0 Å². The van der Waals surface area contributed by atoms with E-state index >= 15 is 0 Å². The largest absolute Gasteiger partial charge is 0.465 e. The summed E-state index contributed by atoms with van der Waals surface area (Å²) in [6, 6.07) is 6.95. The van der Waals surface area contributed by atoms with Gasteiger partial charge in [-0.25, -0.2) is 0 Å². The number of benzene rings is 1. The van der Waals surface area contributed by atoms with E-state index in [-0.39, 0.29) is 31.6 Å². The number of hydrogen-bond acceptors (Lipinski definition) is 7. The van der Waals surface area contributed by atoms with Gasteiger partial charge in [0, 0.05) is 44.2 Å². The maximum absolute atomic E-state index is 14.5. The third-order valence-corrected chi connectivity index (χ3v) is 8.55. The number of aliphatic hydroxyl groups is 1. The number of esters is 1. The summed E-state index contributed by atoms with van der Waals surface area (Å²) < 4.78 is 12.0. The molecule has 218 valence electrons. The Bertz CT molecular complexity index is 1090. The van der Waals surface area contributed by atoms with Crippen LogP contribution in [-0.2, 0) is 23.9 Å². The van der Waals surface area contributed by atoms with Crippen LogP contribution in [0.15, 0.2) is 49.6 Å². The Balaban J connectivity index is 1.68. The highest BCUT2D eigenvalue weighted by atomic mass is 16.6. The van der Waals surface area contributed by atoms with Crippen LogP contribution in [0.5, 0.6) is 0 Å². The maximum atomic E-state index is 14.5. The summed E-state index contributed by atoms with van der Waals surface area (Å²) in [6.45, 7) is 14.2. The van der Waals surface area contributed by atoms with Crippen LogP contribution in [0.4, 0.5) is 11.4 Å². The van der Waals surface area contributed by atoms with E-state index in [4.69, 9.17) is 9.47 Å². The first kappa shape index (κ1) is 29.8. The van der Waals surface area contributed by atoms with E-state index in [0.29, 0.717) is 44.3 Å². The van der Waals surface area contributed by atoms with Crippen molar-refractivity contribution < 1.29 is 29.0 Å². The Labute approximate surface area is 237 Å². The number of rotatable bonds is 15. The molecule has 3 heterocycles. The van der Waals surface area contributed by atoms with Crippen molar-refractivity contribution in [2.24, 2.45) is 11.8 Å². The SMILES string of the molecule is C=CCCOC(=O)[C@@H]1[C@H]2C(=O)N(CCCCO)C(C(=O)N(CC=C)c3ccc(N(CC)CC)cc3)C23CC[C@H]1O3. The molecule has 1 aromatic rings. The highest BCUT2D eigenvalue weighted by Crippen LogP contribution is 2.59. The average Bonchev–Trinajstić information content (AvgIpc) is 3.60. The molecule has 0 aliphatic carbocycles. The Morgan fingerprint density at radius 3 is 2.48 bits per heavy atom. The standard InChI is InChI=1S/C31H43N3O6/c1-5-9-21-39-30(38)25-24-16-17-31(40-24)26(25)28(36)34(19-10-11-20-35)27(31)29(37)33(18-6-2)23-14-12-22(13-15-23)32(7-3)8-4/h5-6,12-15,24-27,35H,1-2,7-11,16-21H2,3-4H3/t24-,25+,26+,27?,31?/m1/s1. The van der Waals surface area contributed by atoms with Crippen LogP contribution < -0.4 is 9.80 Å². The molecular formula is C31H43N3O6. The molecule has 4 rings (SSSR count). The molecule has 2 unspecified atom stereocenters. The highest BCUT2D eigenvalue weighted by Gasteiger charge is 2.75. The molecule has 0 saturated carbocycles. The van der Waals surface area contributed by atoms with Gasteiger partial charge in [0.15, 0.2) is 0 Å². The molecule has 2 amide bonds. The molecule has 1 spiro atoms. The Hall–Kier alpha value is -3.17. The van der Waals surface area contributed by atoms with E-state index in [1.54, 1.807) is 22.0 Å². The summed E-state index contributed by atoms with van der Waals surface area (Å²) in [5.41, 5.74) is 0.674. The van der Waals surface area contributed by atoms with Crippen molar-refractivity contribution in [1.29, 1.82) is 0 Å². The van der Waals surface area contributed by atoms with Crippen LogP contribution in [-0.4, -0.2) is 84.9 Å². The molecule has 3 aliphatic heterocycles. The van der Waals surface area contributed by atoms with Crippen LogP contribution in [0.1, 0.15) is 46.0 Å². The molecule has 2 bridgehead atoms. The zero-order valence-corrected chi connectivity index (χ0v) is 23.8. The lowest BCUT2D eigenvalue weighted by Gasteiger charge is -2.37. The number of hydrogen-bond donors (Lipinski definition) is 1. The van der Waals surface area contributed by atoms with Crippen molar-refractivity contribution >= 4 is 29.2 Å². The number of carbonyl (C=O) groups is 3. The summed E-state index contributed by atoms with van der Waals surface area (Å²) in [5.74, 6) is -2.48. The van der Waals surface area contributed by atoms with E-state index in [9.17, 15) is 19.5 Å². The molecule has 3 fully saturated rings. The first-order valence-electron chi connectivity index (χ1n) is 14.5. The second kappa shape index (κ2) is 13.0. The smallest absolute Gasteiger partial charge is 0.312 e. The van der Waals surface area contributed by atoms with Crippen LogP contribution in [0.2, 0.25) is 0 Å². The second-order valence-electron chi connectivity index (χ2n) is 10.7. The van der Waals surface area contributed by atoms with E-state index in [1.807, 2.05) is 24.3 Å². The predicted octanol–water partition coefficient (Wildman–Crippen LogP) is 3.32. The minimum absolute atomic E-state index is 0.00643. The lowest BCUT2D eigenvalue weighted by atomic mass is 9.70. The lowest BCUT2D eigenvalue weighted by molar-refractivity contribution is -0.155. The molecular weight excluding hydrogens is 510 g/mol. The van der Waals surface area contributed by atoms with Crippen LogP contribution in [0, 0.1) is 11.8 Å². The number of unbranched alkanes of at least 4 members (excludes halogenated alkanes) is 1. The van der Waals surface area contributed by atoms with Crippen LogP contribution in [0.25, 0.3) is 0 Å². The summed E-state index contributed by atoms with van der Waals surface area (Å²) in [5, 5.41) is 9.38. The van der Waals surface area contributed by atoms with Gasteiger partial charge in [-0.15, -0.1) is 13.2 Å². The molecule has 9 nitrogen and oxygen atoms in total. The summed E-state index contributed by atoms with van der Waals surface area (Å²) in [7, 11) is 0. The van der Waals surface area contributed by atoms with Crippen LogP contribution in [0.3, 0.4) is 0 Å². The van der Waals surface area contributed by atoms with Crippen molar-refractivity contribution in [3.8, 4) is 0 Å². The van der Waals surface area contributed by atoms with Gasteiger partial charge in [0.25, 0.3) is 5.91 Å². The molecule has 3 aliphatic rings. The summed E-state index contributed by atoms with van der Waals surface area (Å²) in [6.07, 6.45) is 5.54. The van der Waals surface area contributed by atoms with Gasteiger partial charge in [-0.3, -0.25) is 14.4 Å². The molecule has 1 aromatic carbocycles. The quantitative estimate of drug-likeness (QED) is 0.202.